The van der Waals surface area contributed by atoms with E-state index < -0.39 is 40.1 Å². The minimum absolute atomic E-state index is 0.0320. The second-order valence-corrected chi connectivity index (χ2v) is 14.9. The maximum atomic E-state index is 13.4. The first-order chi connectivity index (χ1) is 19.9. The summed E-state index contributed by atoms with van der Waals surface area (Å²) in [5.74, 6) is -1.33. The van der Waals surface area contributed by atoms with Gasteiger partial charge >= 0.3 is 18.0 Å². The molecule has 0 unspecified atom stereocenters. The van der Waals surface area contributed by atoms with Gasteiger partial charge in [0.1, 0.15) is 16.8 Å². The molecule has 0 radical (unpaired) electrons. The van der Waals surface area contributed by atoms with Crippen molar-refractivity contribution in [1.82, 2.24) is 15.0 Å². The lowest BCUT2D eigenvalue weighted by molar-refractivity contribution is -0.174. The Kier molecular flexibility index (Phi) is 9.01. The third-order valence-corrected chi connectivity index (χ3v) is 7.31. The molecule has 0 bridgehead atoms. The van der Waals surface area contributed by atoms with Gasteiger partial charge in [0.2, 0.25) is 5.89 Å². The lowest BCUT2D eigenvalue weighted by atomic mass is 10.0. The molecular weight excluding hydrogens is 550 g/mol. The van der Waals surface area contributed by atoms with Gasteiger partial charge in [0, 0.05) is 24.9 Å². The monoisotopic (exact) mass is 597 g/mol. The number of esters is 2. The third kappa shape index (κ3) is 9.03. The molecule has 4 rings (SSSR count). The standard InChI is InChI=1S/C33H47N3O7/c1-30(2,3)40-26(37)22(27(38)41-31(4,5)6)15-16-25-34-28(35-43-25)33(17-18-33)20-36(29(39)42-32(7,8)9)24-19-23(24)21-13-11-10-12-14-21/h10-14,22-24H,15-20H2,1-9H3/t23-,24+/m0/s1. The Morgan fingerprint density at radius 1 is 0.907 bits per heavy atom. The molecule has 1 amide bonds. The van der Waals surface area contributed by atoms with Crippen LogP contribution in [0.1, 0.15) is 111 Å². The van der Waals surface area contributed by atoms with Crippen molar-refractivity contribution in [2.75, 3.05) is 6.54 Å². The van der Waals surface area contributed by atoms with E-state index in [0.29, 0.717) is 18.3 Å². The molecule has 2 atom stereocenters. The topological polar surface area (TPSA) is 121 Å². The number of aryl methyl sites for hydroxylation is 1. The minimum atomic E-state index is -1.13. The lowest BCUT2D eigenvalue weighted by Crippen LogP contribution is -2.43. The molecule has 43 heavy (non-hydrogen) atoms. The third-order valence-electron chi connectivity index (χ3n) is 7.31. The van der Waals surface area contributed by atoms with Crippen LogP contribution in [0.15, 0.2) is 34.9 Å². The van der Waals surface area contributed by atoms with Crippen molar-refractivity contribution in [3.63, 3.8) is 0 Å². The highest BCUT2D eigenvalue weighted by Gasteiger charge is 2.55. The molecule has 236 valence electrons. The predicted molar refractivity (Wildman–Crippen MR) is 159 cm³/mol. The van der Waals surface area contributed by atoms with Crippen molar-refractivity contribution in [1.29, 1.82) is 0 Å². The summed E-state index contributed by atoms with van der Waals surface area (Å²) in [5, 5.41) is 4.28. The number of carbonyl (C=O) groups is 3. The number of benzene rings is 1. The Labute approximate surface area is 254 Å². The van der Waals surface area contributed by atoms with Gasteiger partial charge < -0.3 is 23.6 Å². The van der Waals surface area contributed by atoms with Gasteiger partial charge in [0.15, 0.2) is 11.7 Å². The highest BCUT2D eigenvalue weighted by molar-refractivity contribution is 5.95. The molecule has 1 heterocycles. The summed E-state index contributed by atoms with van der Waals surface area (Å²) in [7, 11) is 0. The van der Waals surface area contributed by atoms with E-state index in [0.717, 1.165) is 19.3 Å². The molecule has 0 spiro atoms. The van der Waals surface area contributed by atoms with E-state index >= 15 is 0 Å². The second-order valence-electron chi connectivity index (χ2n) is 14.9. The highest BCUT2D eigenvalue weighted by atomic mass is 16.6. The molecule has 2 saturated carbocycles. The van der Waals surface area contributed by atoms with E-state index in [2.05, 4.69) is 22.3 Å². The summed E-state index contributed by atoms with van der Waals surface area (Å²) in [6, 6.07) is 10.2. The van der Waals surface area contributed by atoms with Crippen LogP contribution in [-0.4, -0.2) is 62.5 Å². The summed E-state index contributed by atoms with van der Waals surface area (Å²) in [4.78, 5) is 45.8. The second kappa shape index (κ2) is 11.9. The predicted octanol–water partition coefficient (Wildman–Crippen LogP) is 6.13. The first kappa shape index (κ1) is 32.5. The van der Waals surface area contributed by atoms with E-state index in [-0.39, 0.29) is 30.9 Å². The Balaban J connectivity index is 1.47. The van der Waals surface area contributed by atoms with Crippen LogP contribution in [0.25, 0.3) is 0 Å². The van der Waals surface area contributed by atoms with E-state index in [9.17, 15) is 14.4 Å². The van der Waals surface area contributed by atoms with Crippen LogP contribution in [0.2, 0.25) is 0 Å². The normalized spacial score (nSPS) is 19.5. The number of carbonyl (C=O) groups excluding carboxylic acids is 3. The molecule has 1 aromatic heterocycles. The largest absolute Gasteiger partial charge is 0.459 e. The summed E-state index contributed by atoms with van der Waals surface area (Å²) in [5.41, 5.74) is -1.36. The van der Waals surface area contributed by atoms with Gasteiger partial charge in [-0.1, -0.05) is 35.5 Å². The zero-order valence-corrected chi connectivity index (χ0v) is 27.1. The zero-order valence-electron chi connectivity index (χ0n) is 27.1. The lowest BCUT2D eigenvalue weighted by Gasteiger charge is -2.30. The van der Waals surface area contributed by atoms with Crippen LogP contribution in [0, 0.1) is 5.92 Å². The number of hydrogen-bond acceptors (Lipinski definition) is 9. The first-order valence-corrected chi connectivity index (χ1v) is 15.2. The van der Waals surface area contributed by atoms with Gasteiger partial charge in [-0.2, -0.15) is 4.98 Å². The summed E-state index contributed by atoms with van der Waals surface area (Å²) >= 11 is 0. The van der Waals surface area contributed by atoms with Crippen LogP contribution >= 0.6 is 0 Å². The molecule has 10 nitrogen and oxygen atoms in total. The Hall–Kier alpha value is -3.43. The van der Waals surface area contributed by atoms with Crippen molar-refractivity contribution >= 4 is 18.0 Å². The fraction of sp³-hybridized carbons (Fsp3) is 0.667. The smallest absolute Gasteiger partial charge is 0.410 e. The number of rotatable bonds is 10. The van der Waals surface area contributed by atoms with Crippen LogP contribution in [-0.2, 0) is 35.6 Å². The van der Waals surface area contributed by atoms with E-state index in [1.54, 1.807) is 41.5 Å². The molecule has 2 aliphatic rings. The van der Waals surface area contributed by atoms with Gasteiger partial charge in [0.25, 0.3) is 0 Å². The number of nitrogens with zero attached hydrogens (tertiary/aromatic N) is 3. The van der Waals surface area contributed by atoms with Gasteiger partial charge in [-0.3, -0.25) is 9.59 Å². The number of hydrogen-bond donors (Lipinski definition) is 0. The molecule has 0 N–H and O–H groups in total. The van der Waals surface area contributed by atoms with Gasteiger partial charge in [-0.25, -0.2) is 4.79 Å². The van der Waals surface area contributed by atoms with Crippen molar-refractivity contribution < 1.29 is 33.1 Å². The SMILES string of the molecule is CC(C)(C)OC(=O)C(CCc1nc(C2(CN(C(=O)OC(C)(C)C)[C@@H]3C[C@H]3c3ccccc3)CC2)no1)C(=O)OC(C)(C)C. The summed E-state index contributed by atoms with van der Waals surface area (Å²) in [6.45, 7) is 16.5. The van der Waals surface area contributed by atoms with Crippen molar-refractivity contribution in [2.45, 2.75) is 129 Å². The Bertz CT molecular complexity index is 1270. The average Bonchev–Trinajstić information content (AvgIpc) is 3.77. The van der Waals surface area contributed by atoms with E-state index in [1.165, 1.54) is 5.56 Å². The maximum absolute atomic E-state index is 13.4. The number of aromatic nitrogens is 2. The highest BCUT2D eigenvalue weighted by Crippen LogP contribution is 2.52. The molecular formula is C33H47N3O7. The first-order valence-electron chi connectivity index (χ1n) is 15.2. The average molecular weight is 598 g/mol. The molecule has 2 fully saturated rings. The Morgan fingerprint density at radius 3 is 1.98 bits per heavy atom. The van der Waals surface area contributed by atoms with Crippen LogP contribution < -0.4 is 0 Å². The fourth-order valence-corrected chi connectivity index (χ4v) is 5.07. The minimum Gasteiger partial charge on any atom is -0.459 e. The molecule has 2 aromatic rings. The molecule has 10 heteroatoms. The van der Waals surface area contributed by atoms with E-state index in [1.807, 2.05) is 43.9 Å². The van der Waals surface area contributed by atoms with Gasteiger partial charge in [-0.05, 0) is 93.6 Å². The Morgan fingerprint density at radius 2 is 1.47 bits per heavy atom. The van der Waals surface area contributed by atoms with Gasteiger partial charge in [0.05, 0.1) is 5.41 Å². The molecule has 1 aromatic carbocycles. The molecule has 0 saturated heterocycles. The quantitative estimate of drug-likeness (QED) is 0.181. The molecule has 2 aliphatic carbocycles. The van der Waals surface area contributed by atoms with Crippen LogP contribution in [0.5, 0.6) is 0 Å². The summed E-state index contributed by atoms with van der Waals surface area (Å²) < 4.78 is 22.4. The van der Waals surface area contributed by atoms with Gasteiger partial charge in [-0.15, -0.1) is 0 Å². The van der Waals surface area contributed by atoms with Crippen LogP contribution in [0.3, 0.4) is 0 Å². The van der Waals surface area contributed by atoms with Crippen molar-refractivity contribution in [3.05, 3.63) is 47.6 Å². The number of amides is 1. The van der Waals surface area contributed by atoms with Crippen LogP contribution in [0.4, 0.5) is 4.79 Å². The fourth-order valence-electron chi connectivity index (χ4n) is 5.07. The van der Waals surface area contributed by atoms with Crippen molar-refractivity contribution in [2.24, 2.45) is 5.92 Å². The maximum Gasteiger partial charge on any atom is 0.410 e. The summed E-state index contributed by atoms with van der Waals surface area (Å²) in [6.07, 6.45) is 2.44. The van der Waals surface area contributed by atoms with Crippen molar-refractivity contribution in [3.8, 4) is 0 Å². The van der Waals surface area contributed by atoms with E-state index in [4.69, 9.17) is 18.7 Å². The number of ether oxygens (including phenoxy) is 3. The zero-order chi connectivity index (χ0) is 31.8. The molecule has 0 aliphatic heterocycles.